The highest BCUT2D eigenvalue weighted by atomic mass is 15.1. The lowest BCUT2D eigenvalue weighted by molar-refractivity contribution is -0.00518. The number of anilines is 3. The Morgan fingerprint density at radius 3 is 1.73 bits per heavy atom. The van der Waals surface area contributed by atoms with E-state index < -0.39 is 0 Å². The van der Waals surface area contributed by atoms with Crippen LogP contribution in [0.5, 0.6) is 0 Å². The van der Waals surface area contributed by atoms with Crippen LogP contribution < -0.4 is 4.90 Å². The predicted octanol–water partition coefficient (Wildman–Crippen LogP) is 16.3. The van der Waals surface area contributed by atoms with Crippen LogP contribution in [0, 0.1) is 17.8 Å². The second-order valence-corrected chi connectivity index (χ2v) is 21.4. The number of hydrogen-bond acceptors (Lipinski definition) is 1. The Balaban J connectivity index is 0.935. The van der Waals surface area contributed by atoms with Gasteiger partial charge in [0.25, 0.3) is 0 Å². The van der Waals surface area contributed by atoms with E-state index in [1.807, 2.05) is 0 Å². The van der Waals surface area contributed by atoms with E-state index >= 15 is 0 Å². The molecule has 60 heavy (non-hydrogen) atoms. The van der Waals surface area contributed by atoms with E-state index in [1.165, 1.54) is 155 Å². The Labute approximate surface area is 359 Å². The summed E-state index contributed by atoms with van der Waals surface area (Å²) in [6.07, 6.45) is 16.8. The fourth-order valence-electron chi connectivity index (χ4n) is 14.5. The zero-order valence-electron chi connectivity index (χ0n) is 36.4. The van der Waals surface area contributed by atoms with E-state index in [2.05, 4.69) is 160 Å². The molecule has 5 fully saturated rings. The Hall–Kier alpha value is -4.88. The largest absolute Gasteiger partial charge is 0.310 e. The SMILES string of the molecule is CC1(C)c2ccccc2-c2cc(-c3cccc4c3C(C)(C)c3cc(N(c5ccc(C6CCCCCC6)cc5)c5ccc(C67CC8CC(CC(C8)C6)C7)cc5)ccc3-4)ccc21. The van der Waals surface area contributed by atoms with E-state index in [-0.39, 0.29) is 10.8 Å². The standard InChI is InChI=1S/C59H61N/c1-57(2)53-17-10-9-14-49(53)52-33-43(20-29-54(52)57)48-15-11-16-51-50-28-27-47(34-55(50)58(3,4)56(48)51)60(45-23-18-42(19-24-45)41-12-7-5-6-8-13-41)46-25-21-44(22-26-46)59-35-38-30-39(36-59)32-40(31-38)37-59/h9-11,14-29,33-34,38-41H,5-8,12-13,30-32,35-37H2,1-4H3. The van der Waals surface area contributed by atoms with Crippen LogP contribution in [0.15, 0.2) is 127 Å². The van der Waals surface area contributed by atoms with Crippen molar-refractivity contribution in [2.75, 3.05) is 4.90 Å². The third kappa shape index (κ3) is 5.63. The van der Waals surface area contributed by atoms with Crippen molar-refractivity contribution in [2.45, 2.75) is 127 Å². The number of fused-ring (bicyclic) bond motifs is 6. The summed E-state index contributed by atoms with van der Waals surface area (Å²) in [7, 11) is 0. The average molecular weight is 784 g/mol. The smallest absolute Gasteiger partial charge is 0.0465 e. The normalized spacial score (nSPS) is 25.3. The molecule has 13 rings (SSSR count). The van der Waals surface area contributed by atoms with Crippen LogP contribution >= 0.6 is 0 Å². The molecule has 1 nitrogen and oxygen atoms in total. The van der Waals surface area contributed by atoms with Gasteiger partial charge >= 0.3 is 0 Å². The topological polar surface area (TPSA) is 3.24 Å². The summed E-state index contributed by atoms with van der Waals surface area (Å²) in [6, 6.07) is 50.4. The van der Waals surface area contributed by atoms with Crippen molar-refractivity contribution in [1.29, 1.82) is 0 Å². The minimum Gasteiger partial charge on any atom is -0.310 e. The van der Waals surface area contributed by atoms with Gasteiger partial charge in [-0.05, 0) is 190 Å². The molecule has 0 aromatic heterocycles. The predicted molar refractivity (Wildman–Crippen MR) is 252 cm³/mol. The van der Waals surface area contributed by atoms with Gasteiger partial charge in [-0.2, -0.15) is 0 Å². The van der Waals surface area contributed by atoms with Crippen molar-refractivity contribution in [3.8, 4) is 33.4 Å². The Morgan fingerprint density at radius 2 is 1.03 bits per heavy atom. The average Bonchev–Trinajstić information content (AvgIpc) is 3.44. The number of benzene rings is 6. The molecule has 302 valence electrons. The molecule has 0 N–H and O–H groups in total. The third-order valence-corrected chi connectivity index (χ3v) is 17.1. The van der Waals surface area contributed by atoms with Gasteiger partial charge < -0.3 is 4.90 Å². The van der Waals surface area contributed by atoms with Crippen molar-refractivity contribution >= 4 is 17.1 Å². The molecule has 0 heterocycles. The lowest BCUT2D eigenvalue weighted by atomic mass is 9.48. The van der Waals surface area contributed by atoms with E-state index in [9.17, 15) is 0 Å². The van der Waals surface area contributed by atoms with Crippen molar-refractivity contribution in [3.63, 3.8) is 0 Å². The minimum atomic E-state index is -0.176. The fourth-order valence-corrected chi connectivity index (χ4v) is 14.5. The van der Waals surface area contributed by atoms with Crippen molar-refractivity contribution in [2.24, 2.45) is 17.8 Å². The van der Waals surface area contributed by atoms with Crippen LogP contribution in [0.4, 0.5) is 17.1 Å². The number of hydrogen-bond donors (Lipinski definition) is 0. The third-order valence-electron chi connectivity index (χ3n) is 17.1. The molecule has 5 saturated carbocycles. The van der Waals surface area contributed by atoms with Gasteiger partial charge in [-0.25, -0.2) is 0 Å². The van der Waals surface area contributed by atoms with Gasteiger partial charge in [0.2, 0.25) is 0 Å². The Bertz CT molecular complexity index is 2590. The molecule has 0 aliphatic heterocycles. The zero-order valence-corrected chi connectivity index (χ0v) is 36.4. The second-order valence-electron chi connectivity index (χ2n) is 21.4. The Kier molecular flexibility index (Phi) is 8.35. The molecular formula is C59H61N. The summed E-state index contributed by atoms with van der Waals surface area (Å²) in [6.45, 7) is 9.68. The van der Waals surface area contributed by atoms with E-state index in [4.69, 9.17) is 0 Å². The van der Waals surface area contributed by atoms with Gasteiger partial charge in [0.15, 0.2) is 0 Å². The molecule has 0 saturated heterocycles. The van der Waals surface area contributed by atoms with Crippen LogP contribution in [0.3, 0.4) is 0 Å². The summed E-state index contributed by atoms with van der Waals surface area (Å²) in [4.78, 5) is 2.56. The maximum atomic E-state index is 2.56. The highest BCUT2D eigenvalue weighted by Gasteiger charge is 2.51. The van der Waals surface area contributed by atoms with E-state index in [0.29, 0.717) is 11.3 Å². The van der Waals surface area contributed by atoms with Crippen LogP contribution in [0.25, 0.3) is 33.4 Å². The van der Waals surface area contributed by atoms with Gasteiger partial charge in [0, 0.05) is 27.9 Å². The molecular weight excluding hydrogens is 723 g/mol. The van der Waals surface area contributed by atoms with Crippen LogP contribution in [-0.4, -0.2) is 0 Å². The lowest BCUT2D eigenvalue weighted by Crippen LogP contribution is -2.48. The number of rotatable bonds is 6. The highest BCUT2D eigenvalue weighted by molar-refractivity contribution is 5.92. The van der Waals surface area contributed by atoms with Crippen LogP contribution in [-0.2, 0) is 16.2 Å². The summed E-state index contributed by atoms with van der Waals surface area (Å²) in [5.74, 6) is 3.54. The fraction of sp³-hybridized carbons (Fsp3) is 0.390. The molecule has 1 heteroatoms. The number of nitrogens with zero attached hydrogens (tertiary/aromatic N) is 1. The van der Waals surface area contributed by atoms with Gasteiger partial charge in [0.1, 0.15) is 0 Å². The van der Waals surface area contributed by atoms with Gasteiger partial charge in [0.05, 0.1) is 0 Å². The first kappa shape index (κ1) is 36.9. The zero-order chi connectivity index (χ0) is 40.4. The summed E-state index contributed by atoms with van der Waals surface area (Å²) >= 11 is 0. The van der Waals surface area contributed by atoms with E-state index in [0.717, 1.165) is 17.8 Å². The first-order valence-corrected chi connectivity index (χ1v) is 23.7. The molecule has 0 radical (unpaired) electrons. The van der Waals surface area contributed by atoms with Crippen LogP contribution in [0.1, 0.15) is 144 Å². The van der Waals surface area contributed by atoms with Crippen molar-refractivity contribution < 1.29 is 0 Å². The molecule has 7 aliphatic carbocycles. The quantitative estimate of drug-likeness (QED) is 0.152. The molecule has 6 aromatic rings. The van der Waals surface area contributed by atoms with Crippen molar-refractivity contribution in [1.82, 2.24) is 0 Å². The maximum absolute atomic E-state index is 2.56. The van der Waals surface area contributed by atoms with Gasteiger partial charge in [-0.3, -0.25) is 0 Å². The molecule has 0 spiro atoms. The molecule has 4 bridgehead atoms. The second kappa shape index (κ2) is 13.6. The first-order chi connectivity index (χ1) is 29.2. The van der Waals surface area contributed by atoms with E-state index in [1.54, 1.807) is 5.56 Å². The van der Waals surface area contributed by atoms with Gasteiger partial charge in [-0.15, -0.1) is 0 Å². The lowest BCUT2D eigenvalue weighted by Gasteiger charge is -2.57. The minimum absolute atomic E-state index is 0.00554. The summed E-state index contributed by atoms with van der Waals surface area (Å²) < 4.78 is 0. The first-order valence-electron chi connectivity index (χ1n) is 23.7. The molecule has 7 aliphatic rings. The monoisotopic (exact) mass is 783 g/mol. The molecule has 6 aromatic carbocycles. The van der Waals surface area contributed by atoms with Crippen molar-refractivity contribution in [3.05, 3.63) is 161 Å². The Morgan fingerprint density at radius 1 is 0.450 bits per heavy atom. The molecule has 0 unspecified atom stereocenters. The summed E-state index contributed by atoms with van der Waals surface area (Å²) in [5.41, 5.74) is 21.0. The maximum Gasteiger partial charge on any atom is 0.0465 e. The van der Waals surface area contributed by atoms with Crippen LogP contribution in [0.2, 0.25) is 0 Å². The molecule has 0 amide bonds. The highest BCUT2D eigenvalue weighted by Crippen LogP contribution is 2.61. The van der Waals surface area contributed by atoms with Gasteiger partial charge in [-0.1, -0.05) is 138 Å². The summed E-state index contributed by atoms with van der Waals surface area (Å²) in [5, 5.41) is 0. The molecule has 0 atom stereocenters.